The molecule has 66 valence electrons. The molecule has 0 saturated carbocycles. The average Bonchev–Trinajstić information content (AvgIpc) is 2.46. The molecule has 0 aromatic heterocycles. The first-order valence-corrected chi connectivity index (χ1v) is 4.13. The summed E-state index contributed by atoms with van der Waals surface area (Å²) in [5, 5.41) is 13.3. The van der Waals surface area contributed by atoms with Crippen molar-refractivity contribution in [3.05, 3.63) is 45.8 Å². The second-order valence-corrected chi connectivity index (χ2v) is 3.12. The number of aliphatic hydroxyl groups excluding tert-OH is 1. The Balaban J connectivity index is 2.37. The van der Waals surface area contributed by atoms with Gasteiger partial charge >= 0.3 is 0 Å². The van der Waals surface area contributed by atoms with Gasteiger partial charge in [-0.2, -0.15) is 0 Å². The van der Waals surface area contributed by atoms with E-state index in [1.807, 2.05) is 24.3 Å². The largest absolute Gasteiger partial charge is 0.388 e. The highest BCUT2D eigenvalue weighted by Crippen LogP contribution is 2.32. The van der Waals surface area contributed by atoms with Gasteiger partial charge in [-0.3, -0.25) is 0 Å². The molecule has 0 radical (unpaired) electrons. The first kappa shape index (κ1) is 8.10. The third-order valence-corrected chi connectivity index (χ3v) is 2.37. The van der Waals surface area contributed by atoms with Gasteiger partial charge in [-0.25, -0.2) is 0 Å². The highest BCUT2D eigenvalue weighted by molar-refractivity contribution is 5.35. The van der Waals surface area contributed by atoms with Crippen LogP contribution in [0.2, 0.25) is 0 Å². The zero-order valence-electron chi connectivity index (χ0n) is 6.96. The third kappa shape index (κ3) is 1.26. The summed E-state index contributed by atoms with van der Waals surface area (Å²) in [4.78, 5) is 2.72. The predicted octanol–water partition coefficient (Wildman–Crippen LogP) is 1.96. The summed E-state index contributed by atoms with van der Waals surface area (Å²) < 4.78 is 0. The number of rotatable bonds is 1. The van der Waals surface area contributed by atoms with Crippen molar-refractivity contribution in [2.45, 2.75) is 18.6 Å². The van der Waals surface area contributed by atoms with Crippen molar-refractivity contribution < 1.29 is 5.11 Å². The van der Waals surface area contributed by atoms with E-state index < -0.39 is 6.10 Å². The Morgan fingerprint density at radius 1 is 1.46 bits per heavy atom. The summed E-state index contributed by atoms with van der Waals surface area (Å²) in [5.41, 5.74) is 10.2. The summed E-state index contributed by atoms with van der Waals surface area (Å²) in [6.45, 7) is 0. The topological polar surface area (TPSA) is 69.0 Å². The lowest BCUT2D eigenvalue weighted by molar-refractivity contribution is 0.159. The Kier molecular flexibility index (Phi) is 1.93. The molecule has 1 aliphatic carbocycles. The van der Waals surface area contributed by atoms with Crippen LogP contribution in [0.1, 0.15) is 17.2 Å². The van der Waals surface area contributed by atoms with Gasteiger partial charge in [0.15, 0.2) is 0 Å². The van der Waals surface area contributed by atoms with Gasteiger partial charge in [0, 0.05) is 4.91 Å². The van der Waals surface area contributed by atoms with E-state index in [2.05, 4.69) is 10.0 Å². The van der Waals surface area contributed by atoms with Gasteiger partial charge in [0.05, 0.1) is 12.1 Å². The normalized spacial score (nSPS) is 25.0. The molecule has 2 atom stereocenters. The minimum absolute atomic E-state index is 0.331. The fraction of sp³-hybridized carbons (Fsp3) is 0.333. The van der Waals surface area contributed by atoms with E-state index in [9.17, 15) is 5.11 Å². The van der Waals surface area contributed by atoms with Crippen LogP contribution >= 0.6 is 0 Å². The molecule has 1 aromatic rings. The summed E-state index contributed by atoms with van der Waals surface area (Å²) in [6.07, 6.45) is 0.00796. The van der Waals surface area contributed by atoms with Crippen molar-refractivity contribution in [1.29, 1.82) is 0 Å². The molecule has 13 heavy (non-hydrogen) atoms. The molecule has 0 spiro atoms. The van der Waals surface area contributed by atoms with Crippen molar-refractivity contribution in [1.82, 2.24) is 0 Å². The van der Waals surface area contributed by atoms with Crippen molar-refractivity contribution in [2.75, 3.05) is 0 Å². The SMILES string of the molecule is [N-]=[N+]=N[C@H]1Cc2ccccc2[C@H]1O. The van der Waals surface area contributed by atoms with Gasteiger partial charge in [0.25, 0.3) is 0 Å². The van der Waals surface area contributed by atoms with Crippen LogP contribution in [0.15, 0.2) is 29.4 Å². The molecule has 0 bridgehead atoms. The maximum atomic E-state index is 9.71. The zero-order chi connectivity index (χ0) is 9.26. The molecule has 0 heterocycles. The van der Waals surface area contributed by atoms with Crippen LogP contribution in [0.3, 0.4) is 0 Å². The maximum Gasteiger partial charge on any atom is 0.0880 e. The average molecular weight is 175 g/mol. The van der Waals surface area contributed by atoms with E-state index >= 15 is 0 Å². The summed E-state index contributed by atoms with van der Waals surface area (Å²) in [6, 6.07) is 7.28. The molecule has 0 unspecified atom stereocenters. The Labute approximate surface area is 75.4 Å². The van der Waals surface area contributed by atoms with E-state index in [0.29, 0.717) is 6.42 Å². The number of fused-ring (bicyclic) bond motifs is 1. The van der Waals surface area contributed by atoms with E-state index in [0.717, 1.165) is 11.1 Å². The summed E-state index contributed by atoms with van der Waals surface area (Å²) in [5.74, 6) is 0. The highest BCUT2D eigenvalue weighted by Gasteiger charge is 2.29. The lowest BCUT2D eigenvalue weighted by Gasteiger charge is -2.07. The van der Waals surface area contributed by atoms with Crippen LogP contribution in [0, 0.1) is 0 Å². The summed E-state index contributed by atoms with van der Waals surface area (Å²) >= 11 is 0. The van der Waals surface area contributed by atoms with E-state index in [1.54, 1.807) is 0 Å². The summed E-state index contributed by atoms with van der Waals surface area (Å²) in [7, 11) is 0. The molecule has 0 saturated heterocycles. The molecule has 0 amide bonds. The minimum atomic E-state index is -0.632. The lowest BCUT2D eigenvalue weighted by atomic mass is 10.1. The van der Waals surface area contributed by atoms with Gasteiger partial charge in [0.2, 0.25) is 0 Å². The van der Waals surface area contributed by atoms with Crippen LogP contribution in [-0.4, -0.2) is 11.1 Å². The lowest BCUT2D eigenvalue weighted by Crippen LogP contribution is -2.09. The number of benzene rings is 1. The predicted molar refractivity (Wildman–Crippen MR) is 48.0 cm³/mol. The van der Waals surface area contributed by atoms with Crippen LogP contribution in [0.4, 0.5) is 0 Å². The van der Waals surface area contributed by atoms with Crippen molar-refractivity contribution in [3.63, 3.8) is 0 Å². The fourth-order valence-corrected chi connectivity index (χ4v) is 1.72. The van der Waals surface area contributed by atoms with Gasteiger partial charge in [-0.05, 0) is 23.1 Å². The first-order valence-electron chi connectivity index (χ1n) is 4.13. The van der Waals surface area contributed by atoms with E-state index in [4.69, 9.17) is 5.53 Å². The highest BCUT2D eigenvalue weighted by atomic mass is 16.3. The van der Waals surface area contributed by atoms with E-state index in [-0.39, 0.29) is 6.04 Å². The van der Waals surface area contributed by atoms with Gasteiger partial charge in [0.1, 0.15) is 0 Å². The number of nitrogens with zero attached hydrogens (tertiary/aromatic N) is 3. The minimum Gasteiger partial charge on any atom is -0.388 e. The molecular formula is C9H9N3O. The molecular weight excluding hydrogens is 166 g/mol. The van der Waals surface area contributed by atoms with Gasteiger partial charge in [-0.1, -0.05) is 29.4 Å². The van der Waals surface area contributed by atoms with Crippen LogP contribution in [-0.2, 0) is 6.42 Å². The Hall–Kier alpha value is -1.51. The Morgan fingerprint density at radius 3 is 2.92 bits per heavy atom. The molecule has 0 aliphatic heterocycles. The van der Waals surface area contributed by atoms with Crippen molar-refractivity contribution in [2.24, 2.45) is 5.11 Å². The zero-order valence-corrected chi connectivity index (χ0v) is 6.96. The van der Waals surface area contributed by atoms with Crippen LogP contribution in [0.5, 0.6) is 0 Å². The smallest absolute Gasteiger partial charge is 0.0880 e. The number of hydrogen-bond donors (Lipinski definition) is 1. The molecule has 1 N–H and O–H groups in total. The molecule has 1 aliphatic rings. The molecule has 2 rings (SSSR count). The van der Waals surface area contributed by atoms with Crippen LogP contribution in [0.25, 0.3) is 10.4 Å². The second-order valence-electron chi connectivity index (χ2n) is 3.12. The van der Waals surface area contributed by atoms with Crippen molar-refractivity contribution >= 4 is 0 Å². The van der Waals surface area contributed by atoms with Crippen molar-refractivity contribution in [3.8, 4) is 0 Å². The van der Waals surface area contributed by atoms with Gasteiger partial charge in [-0.15, -0.1) is 0 Å². The Morgan fingerprint density at radius 2 is 2.23 bits per heavy atom. The molecule has 0 fully saturated rings. The number of azide groups is 1. The van der Waals surface area contributed by atoms with Gasteiger partial charge < -0.3 is 5.11 Å². The van der Waals surface area contributed by atoms with E-state index in [1.165, 1.54) is 0 Å². The quantitative estimate of drug-likeness (QED) is 0.395. The maximum absolute atomic E-state index is 9.71. The molecule has 1 aromatic carbocycles. The standard InChI is InChI=1S/C9H9N3O/c10-12-11-8-5-6-3-1-2-4-7(6)9(8)13/h1-4,8-9,13H,5H2/t8-,9+/m0/s1. The monoisotopic (exact) mass is 175 g/mol. The third-order valence-electron chi connectivity index (χ3n) is 2.37. The molecule has 4 nitrogen and oxygen atoms in total. The number of aliphatic hydroxyl groups is 1. The Bertz CT molecular complexity index is 371. The first-order chi connectivity index (χ1) is 6.33. The second kappa shape index (κ2) is 3.09. The molecule has 4 heteroatoms. The number of hydrogen-bond acceptors (Lipinski definition) is 2. The fourth-order valence-electron chi connectivity index (χ4n) is 1.72. The van der Waals surface area contributed by atoms with Crippen LogP contribution < -0.4 is 0 Å².